The Labute approximate surface area is 143 Å². The predicted octanol–water partition coefficient (Wildman–Crippen LogP) is 4.91. The molecule has 0 aliphatic heterocycles. The molecule has 0 saturated heterocycles. The molecular formula is C19H14N4O2. The first-order chi connectivity index (χ1) is 12.1. The average Bonchev–Trinajstić information content (AvgIpc) is 2.97. The number of carboxylic acids is 1. The van der Waals surface area contributed by atoms with Crippen molar-refractivity contribution < 1.29 is 9.90 Å². The molecule has 4 aromatic rings. The molecule has 2 aromatic carbocycles. The largest absolute Gasteiger partial charge is 0.476 e. The van der Waals surface area contributed by atoms with Crippen LogP contribution < -0.4 is 0 Å². The number of azo groups is 1. The summed E-state index contributed by atoms with van der Waals surface area (Å²) >= 11 is 0. The Bertz CT molecular complexity index is 1140. The van der Waals surface area contributed by atoms with Gasteiger partial charge in [0.2, 0.25) is 0 Å². The molecule has 4 rings (SSSR count). The molecule has 2 aromatic heterocycles. The SMILES string of the molecule is Cc1ccn2c(N=Nc3cccc4ccccc34)c(C(=O)O)nc2c1. The van der Waals surface area contributed by atoms with Crippen molar-refractivity contribution in [3.05, 3.63) is 72.1 Å². The molecule has 6 nitrogen and oxygen atoms in total. The van der Waals surface area contributed by atoms with Crippen LogP contribution in [-0.4, -0.2) is 20.5 Å². The van der Waals surface area contributed by atoms with E-state index in [0.717, 1.165) is 16.3 Å². The van der Waals surface area contributed by atoms with Gasteiger partial charge in [-0.05, 0) is 36.1 Å². The van der Waals surface area contributed by atoms with Gasteiger partial charge in [-0.1, -0.05) is 36.4 Å². The standard InChI is InChI=1S/C19H14N4O2/c1-12-9-10-23-16(11-12)20-17(19(24)25)18(23)22-21-15-8-4-6-13-5-2-3-7-14(13)15/h2-11H,1H3,(H,24,25). The van der Waals surface area contributed by atoms with E-state index in [0.29, 0.717) is 11.3 Å². The molecule has 1 N–H and O–H groups in total. The second-order valence-corrected chi connectivity index (χ2v) is 5.72. The molecule has 0 atom stereocenters. The maximum atomic E-state index is 11.5. The smallest absolute Gasteiger partial charge is 0.358 e. The molecule has 0 amide bonds. The number of fused-ring (bicyclic) bond motifs is 2. The molecule has 0 radical (unpaired) electrons. The highest BCUT2D eigenvalue weighted by molar-refractivity contribution is 5.93. The fourth-order valence-electron chi connectivity index (χ4n) is 2.77. The van der Waals surface area contributed by atoms with Crippen LogP contribution in [0.1, 0.15) is 16.1 Å². The Balaban J connectivity index is 1.88. The minimum absolute atomic E-state index is 0.116. The number of rotatable bonds is 3. The summed E-state index contributed by atoms with van der Waals surface area (Å²) in [7, 11) is 0. The van der Waals surface area contributed by atoms with Crippen molar-refractivity contribution in [2.75, 3.05) is 0 Å². The van der Waals surface area contributed by atoms with Crippen LogP contribution in [0, 0.1) is 6.92 Å². The number of hydrogen-bond donors (Lipinski definition) is 1. The van der Waals surface area contributed by atoms with Crippen molar-refractivity contribution in [1.29, 1.82) is 0 Å². The van der Waals surface area contributed by atoms with Crippen molar-refractivity contribution in [2.24, 2.45) is 10.2 Å². The molecule has 0 unspecified atom stereocenters. The van der Waals surface area contributed by atoms with Gasteiger partial charge in [-0.2, -0.15) is 0 Å². The summed E-state index contributed by atoms with van der Waals surface area (Å²) in [6.45, 7) is 1.92. The Morgan fingerprint density at radius 1 is 1.08 bits per heavy atom. The maximum Gasteiger partial charge on any atom is 0.358 e. The van der Waals surface area contributed by atoms with Gasteiger partial charge in [0.15, 0.2) is 11.5 Å². The maximum absolute atomic E-state index is 11.5. The van der Waals surface area contributed by atoms with E-state index in [2.05, 4.69) is 15.2 Å². The molecule has 0 spiro atoms. The van der Waals surface area contributed by atoms with E-state index in [1.54, 1.807) is 10.6 Å². The van der Waals surface area contributed by atoms with Crippen LogP contribution in [-0.2, 0) is 0 Å². The number of hydrogen-bond acceptors (Lipinski definition) is 4. The number of imidazole rings is 1. The lowest BCUT2D eigenvalue weighted by molar-refractivity contribution is 0.0692. The van der Waals surface area contributed by atoms with Gasteiger partial charge >= 0.3 is 5.97 Å². The summed E-state index contributed by atoms with van der Waals surface area (Å²) in [6, 6.07) is 17.3. The van der Waals surface area contributed by atoms with E-state index in [1.165, 1.54) is 0 Å². The highest BCUT2D eigenvalue weighted by Gasteiger charge is 2.18. The second-order valence-electron chi connectivity index (χ2n) is 5.72. The highest BCUT2D eigenvalue weighted by Crippen LogP contribution is 2.29. The quantitative estimate of drug-likeness (QED) is 0.542. The summed E-state index contributed by atoms with van der Waals surface area (Å²) in [5, 5.41) is 19.9. The van der Waals surface area contributed by atoms with Gasteiger partial charge in [-0.25, -0.2) is 9.78 Å². The number of carbonyl (C=O) groups is 1. The van der Waals surface area contributed by atoms with E-state index in [4.69, 9.17) is 0 Å². The minimum atomic E-state index is -1.13. The molecule has 6 heteroatoms. The average molecular weight is 330 g/mol. The van der Waals surface area contributed by atoms with Gasteiger partial charge in [-0.3, -0.25) is 4.40 Å². The number of nitrogens with zero attached hydrogens (tertiary/aromatic N) is 4. The van der Waals surface area contributed by atoms with E-state index in [1.807, 2.05) is 61.5 Å². The molecule has 122 valence electrons. The van der Waals surface area contributed by atoms with E-state index >= 15 is 0 Å². The second kappa shape index (κ2) is 5.83. The summed E-state index contributed by atoms with van der Waals surface area (Å²) in [5.74, 6) is -0.927. The van der Waals surface area contributed by atoms with Crippen LogP contribution in [0.2, 0.25) is 0 Å². The third kappa shape index (κ3) is 2.63. The fourth-order valence-corrected chi connectivity index (χ4v) is 2.77. The summed E-state index contributed by atoms with van der Waals surface area (Å²) < 4.78 is 1.63. The zero-order chi connectivity index (χ0) is 17.4. The first-order valence-corrected chi connectivity index (χ1v) is 7.75. The third-order valence-corrected chi connectivity index (χ3v) is 3.98. The van der Waals surface area contributed by atoms with Gasteiger partial charge in [0.1, 0.15) is 5.65 Å². The van der Waals surface area contributed by atoms with Crippen LogP contribution >= 0.6 is 0 Å². The molecule has 0 aliphatic rings. The molecule has 2 heterocycles. The van der Waals surface area contributed by atoms with Gasteiger partial charge in [0, 0.05) is 11.6 Å². The number of pyridine rings is 1. The third-order valence-electron chi connectivity index (χ3n) is 3.98. The summed E-state index contributed by atoms with van der Waals surface area (Å²) in [6.07, 6.45) is 1.75. The number of benzene rings is 2. The summed E-state index contributed by atoms with van der Waals surface area (Å²) in [5.41, 5.74) is 2.09. The van der Waals surface area contributed by atoms with E-state index in [9.17, 15) is 9.90 Å². The Kier molecular flexibility index (Phi) is 3.50. The van der Waals surface area contributed by atoms with Crippen molar-refractivity contribution in [3.8, 4) is 0 Å². The summed E-state index contributed by atoms with van der Waals surface area (Å²) in [4.78, 5) is 15.7. The van der Waals surface area contributed by atoms with Crippen molar-refractivity contribution in [3.63, 3.8) is 0 Å². The van der Waals surface area contributed by atoms with Crippen LogP contribution in [0.5, 0.6) is 0 Å². The lowest BCUT2D eigenvalue weighted by Crippen LogP contribution is -1.96. The Morgan fingerprint density at radius 3 is 2.72 bits per heavy atom. The zero-order valence-electron chi connectivity index (χ0n) is 13.4. The fraction of sp³-hybridized carbons (Fsp3) is 0.0526. The molecule has 25 heavy (non-hydrogen) atoms. The van der Waals surface area contributed by atoms with E-state index < -0.39 is 5.97 Å². The Morgan fingerprint density at radius 2 is 1.88 bits per heavy atom. The first-order valence-electron chi connectivity index (χ1n) is 7.75. The lowest BCUT2D eigenvalue weighted by Gasteiger charge is -2.01. The number of aromatic nitrogens is 2. The van der Waals surface area contributed by atoms with Crippen LogP contribution in [0.15, 0.2) is 71.0 Å². The monoisotopic (exact) mass is 330 g/mol. The number of aromatic carboxylic acids is 1. The lowest BCUT2D eigenvalue weighted by atomic mass is 10.1. The van der Waals surface area contributed by atoms with Crippen LogP contribution in [0.4, 0.5) is 11.5 Å². The number of aryl methyl sites for hydroxylation is 1. The molecule has 0 bridgehead atoms. The van der Waals surface area contributed by atoms with Gasteiger partial charge in [0.05, 0.1) is 5.69 Å². The number of carboxylic acid groups (broad SMARTS) is 1. The minimum Gasteiger partial charge on any atom is -0.476 e. The van der Waals surface area contributed by atoms with Crippen molar-refractivity contribution in [2.45, 2.75) is 6.92 Å². The van der Waals surface area contributed by atoms with Gasteiger partial charge < -0.3 is 5.11 Å². The zero-order valence-corrected chi connectivity index (χ0v) is 13.4. The topological polar surface area (TPSA) is 79.3 Å². The Hall–Kier alpha value is -3.54. The van der Waals surface area contributed by atoms with Crippen molar-refractivity contribution in [1.82, 2.24) is 9.38 Å². The molecule has 0 aliphatic carbocycles. The highest BCUT2D eigenvalue weighted by atomic mass is 16.4. The molecule has 0 fully saturated rings. The normalized spacial score (nSPS) is 11.6. The van der Waals surface area contributed by atoms with Gasteiger partial charge in [0.25, 0.3) is 0 Å². The van der Waals surface area contributed by atoms with Crippen LogP contribution in [0.25, 0.3) is 16.4 Å². The van der Waals surface area contributed by atoms with Crippen molar-refractivity contribution >= 4 is 33.9 Å². The molecular weight excluding hydrogens is 316 g/mol. The molecule has 0 saturated carbocycles. The predicted molar refractivity (Wildman–Crippen MR) is 95.0 cm³/mol. The van der Waals surface area contributed by atoms with Crippen LogP contribution in [0.3, 0.4) is 0 Å². The van der Waals surface area contributed by atoms with Gasteiger partial charge in [-0.15, -0.1) is 10.2 Å². The first kappa shape index (κ1) is 15.0. The van der Waals surface area contributed by atoms with E-state index in [-0.39, 0.29) is 11.5 Å².